The van der Waals surface area contributed by atoms with Gasteiger partial charge in [-0.25, -0.2) is 4.98 Å². The third-order valence-electron chi connectivity index (χ3n) is 5.98. The summed E-state index contributed by atoms with van der Waals surface area (Å²) in [7, 11) is 0. The van der Waals surface area contributed by atoms with Gasteiger partial charge in [0.25, 0.3) is 0 Å². The SMILES string of the molecule is O=C(/C=C/c1ccc(-c2ccccc2)o1)Nc1ccc2oc(-c3ccc(-c4ccccc4)cc3)nc2c1. The minimum absolute atomic E-state index is 0.266. The van der Waals surface area contributed by atoms with Crippen LogP contribution < -0.4 is 5.32 Å². The van der Waals surface area contributed by atoms with Crippen LogP contribution in [0.1, 0.15) is 5.76 Å². The molecular weight excluding hydrogens is 460 g/mol. The van der Waals surface area contributed by atoms with Crippen molar-refractivity contribution in [2.45, 2.75) is 0 Å². The number of hydrogen-bond acceptors (Lipinski definition) is 4. The summed E-state index contributed by atoms with van der Waals surface area (Å²) in [5.41, 5.74) is 6.11. The standard InChI is InChI=1S/C32H22N2O3/c35-31(20-17-27-16-19-29(36-27)24-9-5-2-6-10-24)33-26-15-18-30-28(21-26)34-32(37-30)25-13-11-23(12-14-25)22-7-3-1-4-8-22/h1-21H,(H,33,35)/b20-17+. The summed E-state index contributed by atoms with van der Waals surface area (Å²) in [6.07, 6.45) is 3.09. The first-order chi connectivity index (χ1) is 18.2. The van der Waals surface area contributed by atoms with Gasteiger partial charge < -0.3 is 14.2 Å². The molecule has 6 rings (SSSR count). The topological polar surface area (TPSA) is 68.3 Å². The van der Waals surface area contributed by atoms with E-state index < -0.39 is 0 Å². The van der Waals surface area contributed by atoms with Crippen molar-refractivity contribution < 1.29 is 13.6 Å². The van der Waals surface area contributed by atoms with Gasteiger partial charge in [0.05, 0.1) is 0 Å². The normalized spacial score (nSPS) is 11.2. The number of rotatable bonds is 6. The Morgan fingerprint density at radius 1 is 0.676 bits per heavy atom. The predicted molar refractivity (Wildman–Crippen MR) is 147 cm³/mol. The van der Waals surface area contributed by atoms with Gasteiger partial charge in [-0.3, -0.25) is 4.79 Å². The van der Waals surface area contributed by atoms with E-state index in [-0.39, 0.29) is 5.91 Å². The second-order valence-electron chi connectivity index (χ2n) is 8.54. The third kappa shape index (κ3) is 4.97. The Morgan fingerprint density at radius 3 is 2.11 bits per heavy atom. The average molecular weight is 483 g/mol. The first kappa shape index (κ1) is 22.3. The van der Waals surface area contributed by atoms with Gasteiger partial charge in [-0.05, 0) is 59.7 Å². The van der Waals surface area contributed by atoms with Gasteiger partial charge in [-0.2, -0.15) is 0 Å². The summed E-state index contributed by atoms with van der Waals surface area (Å²) >= 11 is 0. The van der Waals surface area contributed by atoms with Crippen molar-refractivity contribution >= 4 is 28.8 Å². The molecule has 0 spiro atoms. The highest BCUT2D eigenvalue weighted by molar-refractivity contribution is 6.02. The highest BCUT2D eigenvalue weighted by Gasteiger charge is 2.10. The number of nitrogens with zero attached hydrogens (tertiary/aromatic N) is 1. The molecule has 1 amide bonds. The summed E-state index contributed by atoms with van der Waals surface area (Å²) in [6.45, 7) is 0. The Kier molecular flexibility index (Phi) is 5.93. The molecule has 0 aliphatic heterocycles. The lowest BCUT2D eigenvalue weighted by Crippen LogP contribution is -2.07. The summed E-state index contributed by atoms with van der Waals surface area (Å²) in [4.78, 5) is 17.1. The maximum absolute atomic E-state index is 12.5. The first-order valence-corrected chi connectivity index (χ1v) is 11.9. The van der Waals surface area contributed by atoms with Crippen LogP contribution in [-0.4, -0.2) is 10.9 Å². The fraction of sp³-hybridized carbons (Fsp3) is 0. The van der Waals surface area contributed by atoms with Crippen molar-refractivity contribution in [2.75, 3.05) is 5.32 Å². The van der Waals surface area contributed by atoms with Crippen LogP contribution in [0.2, 0.25) is 0 Å². The molecule has 0 radical (unpaired) electrons. The lowest BCUT2D eigenvalue weighted by molar-refractivity contribution is -0.111. The Bertz CT molecular complexity index is 1700. The van der Waals surface area contributed by atoms with Crippen molar-refractivity contribution in [1.29, 1.82) is 0 Å². The molecule has 0 atom stereocenters. The Hall–Kier alpha value is -5.16. The van der Waals surface area contributed by atoms with Crippen LogP contribution in [0.3, 0.4) is 0 Å². The van der Waals surface area contributed by atoms with E-state index in [2.05, 4.69) is 34.6 Å². The Balaban J connectivity index is 1.14. The van der Waals surface area contributed by atoms with Gasteiger partial charge >= 0.3 is 0 Å². The molecule has 2 heterocycles. The van der Waals surface area contributed by atoms with Gasteiger partial charge in [0.2, 0.25) is 11.8 Å². The number of furan rings is 1. The number of benzene rings is 4. The van der Waals surface area contributed by atoms with Gasteiger partial charge in [0, 0.05) is 22.9 Å². The van der Waals surface area contributed by atoms with Crippen molar-refractivity contribution in [3.8, 4) is 33.9 Å². The molecule has 0 aliphatic rings. The van der Waals surface area contributed by atoms with E-state index in [1.54, 1.807) is 18.2 Å². The van der Waals surface area contributed by atoms with E-state index in [0.717, 1.165) is 28.0 Å². The molecule has 178 valence electrons. The summed E-state index contributed by atoms with van der Waals surface area (Å²) in [5.74, 6) is 1.62. The van der Waals surface area contributed by atoms with Gasteiger partial charge in [-0.15, -0.1) is 0 Å². The number of carbonyl (C=O) groups is 1. The zero-order chi connectivity index (χ0) is 25.0. The maximum Gasteiger partial charge on any atom is 0.248 e. The molecule has 0 bridgehead atoms. The summed E-state index contributed by atoms with van der Waals surface area (Å²) in [6, 6.07) is 37.3. The van der Waals surface area contributed by atoms with Crippen LogP contribution in [0.15, 0.2) is 130 Å². The van der Waals surface area contributed by atoms with Crippen molar-refractivity contribution in [3.63, 3.8) is 0 Å². The van der Waals surface area contributed by atoms with Crippen LogP contribution in [0.4, 0.5) is 5.69 Å². The largest absolute Gasteiger partial charge is 0.457 e. The molecule has 5 heteroatoms. The van der Waals surface area contributed by atoms with E-state index >= 15 is 0 Å². The quantitative estimate of drug-likeness (QED) is 0.244. The average Bonchev–Trinajstić information content (AvgIpc) is 3.60. The van der Waals surface area contributed by atoms with Crippen molar-refractivity contribution in [3.05, 3.63) is 127 Å². The Morgan fingerprint density at radius 2 is 1.35 bits per heavy atom. The molecule has 6 aromatic rings. The van der Waals surface area contributed by atoms with E-state index in [9.17, 15) is 4.79 Å². The molecule has 0 aliphatic carbocycles. The fourth-order valence-electron chi connectivity index (χ4n) is 4.11. The smallest absolute Gasteiger partial charge is 0.248 e. The maximum atomic E-state index is 12.5. The molecule has 37 heavy (non-hydrogen) atoms. The van der Waals surface area contributed by atoms with Crippen LogP contribution in [0.5, 0.6) is 0 Å². The minimum atomic E-state index is -0.266. The van der Waals surface area contributed by atoms with Crippen molar-refractivity contribution in [2.24, 2.45) is 0 Å². The van der Waals surface area contributed by atoms with E-state index in [0.29, 0.717) is 28.4 Å². The second kappa shape index (κ2) is 9.84. The molecule has 0 unspecified atom stereocenters. The lowest BCUT2D eigenvalue weighted by Gasteiger charge is -2.02. The third-order valence-corrected chi connectivity index (χ3v) is 5.98. The number of carbonyl (C=O) groups excluding carboxylic acids is 1. The van der Waals surface area contributed by atoms with E-state index in [1.807, 2.05) is 78.9 Å². The number of fused-ring (bicyclic) bond motifs is 1. The highest BCUT2D eigenvalue weighted by atomic mass is 16.3. The molecule has 0 fully saturated rings. The second-order valence-corrected chi connectivity index (χ2v) is 8.54. The zero-order valence-electron chi connectivity index (χ0n) is 19.8. The highest BCUT2D eigenvalue weighted by Crippen LogP contribution is 2.28. The number of nitrogens with one attached hydrogen (secondary N) is 1. The van der Waals surface area contributed by atoms with E-state index in [1.165, 1.54) is 6.08 Å². The van der Waals surface area contributed by atoms with Crippen LogP contribution in [-0.2, 0) is 4.79 Å². The molecule has 1 N–H and O–H groups in total. The number of oxazole rings is 1. The number of hydrogen-bond donors (Lipinski definition) is 1. The van der Waals surface area contributed by atoms with Crippen LogP contribution in [0.25, 0.3) is 51.1 Å². The molecule has 5 nitrogen and oxygen atoms in total. The van der Waals surface area contributed by atoms with Crippen LogP contribution >= 0.6 is 0 Å². The zero-order valence-corrected chi connectivity index (χ0v) is 19.8. The Labute approximate surface area is 213 Å². The van der Waals surface area contributed by atoms with E-state index in [4.69, 9.17) is 8.83 Å². The summed E-state index contributed by atoms with van der Waals surface area (Å²) < 4.78 is 11.8. The molecule has 0 saturated carbocycles. The summed E-state index contributed by atoms with van der Waals surface area (Å²) in [5, 5.41) is 2.87. The fourth-order valence-corrected chi connectivity index (χ4v) is 4.11. The minimum Gasteiger partial charge on any atom is -0.457 e. The van der Waals surface area contributed by atoms with Gasteiger partial charge in [0.15, 0.2) is 5.58 Å². The molecule has 0 saturated heterocycles. The number of anilines is 1. The van der Waals surface area contributed by atoms with Gasteiger partial charge in [-0.1, -0.05) is 72.8 Å². The van der Waals surface area contributed by atoms with Crippen molar-refractivity contribution in [1.82, 2.24) is 4.98 Å². The molecule has 4 aromatic carbocycles. The first-order valence-electron chi connectivity index (χ1n) is 11.9. The predicted octanol–water partition coefficient (Wildman–Crippen LogP) is 8.07. The molecular formula is C32H22N2O3. The van der Waals surface area contributed by atoms with Crippen LogP contribution in [0, 0.1) is 0 Å². The van der Waals surface area contributed by atoms with Gasteiger partial charge in [0.1, 0.15) is 17.0 Å². The monoisotopic (exact) mass is 482 g/mol. The lowest BCUT2D eigenvalue weighted by atomic mass is 10.0. The number of amides is 1. The molecule has 2 aromatic heterocycles. The number of aromatic nitrogens is 1.